The highest BCUT2D eigenvalue weighted by molar-refractivity contribution is 8.01. The van der Waals surface area contributed by atoms with Crippen LogP contribution in [-0.4, -0.2) is 36.5 Å². The van der Waals surface area contributed by atoms with Crippen LogP contribution in [0.25, 0.3) is 0 Å². The standard InChI is InChI=1S/C18H20N2OS2/c21-18(19-15-12-20-10-8-13(15)9-11-20)16-6-7-17(23-16)22-14-4-2-1-3-5-14/h1-7,13,15H,8-12H2,(H,19,21)/t15-/m0/s1. The average molecular weight is 345 g/mol. The summed E-state index contributed by atoms with van der Waals surface area (Å²) in [6.07, 6.45) is 2.45. The molecule has 3 fully saturated rings. The molecule has 1 aromatic heterocycles. The largest absolute Gasteiger partial charge is 0.347 e. The fourth-order valence-corrected chi connectivity index (χ4v) is 5.50. The van der Waals surface area contributed by atoms with Crippen LogP contribution in [0, 0.1) is 5.92 Å². The van der Waals surface area contributed by atoms with Crippen LogP contribution in [0.15, 0.2) is 51.6 Å². The molecule has 4 heterocycles. The lowest BCUT2D eigenvalue weighted by Gasteiger charge is -2.44. The lowest BCUT2D eigenvalue weighted by atomic mass is 9.84. The van der Waals surface area contributed by atoms with Gasteiger partial charge >= 0.3 is 0 Å². The van der Waals surface area contributed by atoms with Crippen LogP contribution in [-0.2, 0) is 0 Å². The highest BCUT2D eigenvalue weighted by Gasteiger charge is 2.35. The number of nitrogens with zero attached hydrogens (tertiary/aromatic N) is 1. The van der Waals surface area contributed by atoms with Crippen molar-refractivity contribution in [1.82, 2.24) is 10.2 Å². The normalized spacial score (nSPS) is 26.2. The van der Waals surface area contributed by atoms with Gasteiger partial charge in [0.1, 0.15) is 0 Å². The van der Waals surface area contributed by atoms with Gasteiger partial charge in [-0.15, -0.1) is 11.3 Å². The zero-order valence-corrected chi connectivity index (χ0v) is 14.5. The van der Waals surface area contributed by atoms with E-state index in [-0.39, 0.29) is 5.91 Å². The molecule has 3 aliphatic heterocycles. The van der Waals surface area contributed by atoms with Crippen LogP contribution >= 0.6 is 23.1 Å². The second kappa shape index (κ2) is 6.67. The molecular formula is C18H20N2OS2. The van der Waals surface area contributed by atoms with Gasteiger partial charge in [0.15, 0.2) is 0 Å². The number of hydrogen-bond donors (Lipinski definition) is 1. The van der Waals surface area contributed by atoms with E-state index in [2.05, 4.69) is 22.3 Å². The van der Waals surface area contributed by atoms with Crippen molar-refractivity contribution in [3.05, 3.63) is 47.3 Å². The molecule has 3 saturated heterocycles. The summed E-state index contributed by atoms with van der Waals surface area (Å²) in [6.45, 7) is 3.43. The van der Waals surface area contributed by atoms with Gasteiger partial charge in [-0.2, -0.15) is 0 Å². The lowest BCUT2D eigenvalue weighted by Crippen LogP contribution is -2.57. The third-order valence-electron chi connectivity index (χ3n) is 4.74. The third-order valence-corrected chi connectivity index (χ3v) is 6.96. The fraction of sp³-hybridized carbons (Fsp3) is 0.389. The van der Waals surface area contributed by atoms with E-state index in [4.69, 9.17) is 0 Å². The second-order valence-electron chi connectivity index (χ2n) is 6.25. The van der Waals surface area contributed by atoms with E-state index in [9.17, 15) is 4.79 Å². The maximum Gasteiger partial charge on any atom is 0.261 e. The number of amides is 1. The Labute approximate surface area is 145 Å². The van der Waals surface area contributed by atoms with E-state index in [0.717, 1.165) is 15.6 Å². The van der Waals surface area contributed by atoms with Crippen LogP contribution < -0.4 is 5.32 Å². The van der Waals surface area contributed by atoms with Crippen molar-refractivity contribution in [3.63, 3.8) is 0 Å². The van der Waals surface area contributed by atoms with Crippen molar-refractivity contribution in [2.24, 2.45) is 5.92 Å². The van der Waals surface area contributed by atoms with Gasteiger partial charge in [-0.25, -0.2) is 0 Å². The van der Waals surface area contributed by atoms with Crippen molar-refractivity contribution in [1.29, 1.82) is 0 Å². The van der Waals surface area contributed by atoms with Crippen LogP contribution in [0.5, 0.6) is 0 Å². The van der Waals surface area contributed by atoms with Gasteiger partial charge in [-0.05, 0) is 56.1 Å². The summed E-state index contributed by atoms with van der Waals surface area (Å²) in [6, 6.07) is 14.6. The van der Waals surface area contributed by atoms with E-state index >= 15 is 0 Å². The van der Waals surface area contributed by atoms with Crippen molar-refractivity contribution < 1.29 is 4.79 Å². The van der Waals surface area contributed by atoms with Gasteiger partial charge in [0.05, 0.1) is 9.09 Å². The quantitative estimate of drug-likeness (QED) is 0.917. The molecule has 5 heteroatoms. The molecule has 120 valence electrons. The Hall–Kier alpha value is -1.30. The molecule has 1 atom stereocenters. The Kier molecular flexibility index (Phi) is 4.42. The first kappa shape index (κ1) is 15.2. The Morgan fingerprint density at radius 3 is 2.61 bits per heavy atom. The van der Waals surface area contributed by atoms with E-state index in [0.29, 0.717) is 12.0 Å². The molecule has 1 aromatic carbocycles. The monoisotopic (exact) mass is 344 g/mol. The molecule has 1 N–H and O–H groups in total. The number of nitrogens with one attached hydrogen (secondary N) is 1. The minimum absolute atomic E-state index is 0.0914. The number of carbonyl (C=O) groups is 1. The zero-order chi connectivity index (χ0) is 15.6. The molecule has 0 saturated carbocycles. The second-order valence-corrected chi connectivity index (χ2v) is 8.71. The molecule has 2 aromatic rings. The van der Waals surface area contributed by atoms with E-state index in [1.54, 1.807) is 23.1 Å². The highest BCUT2D eigenvalue weighted by Crippen LogP contribution is 2.33. The summed E-state index contributed by atoms with van der Waals surface area (Å²) in [5.74, 6) is 0.760. The number of hydrogen-bond acceptors (Lipinski definition) is 4. The first-order valence-electron chi connectivity index (χ1n) is 8.14. The Morgan fingerprint density at radius 1 is 1.13 bits per heavy atom. The number of piperidine rings is 3. The SMILES string of the molecule is O=C(N[C@H]1CN2CCC1CC2)c1ccc(Sc2ccccc2)s1. The molecule has 23 heavy (non-hydrogen) atoms. The summed E-state index contributed by atoms with van der Waals surface area (Å²) in [5, 5.41) is 3.26. The highest BCUT2D eigenvalue weighted by atomic mass is 32.2. The number of carbonyl (C=O) groups excluding carboxylic acids is 1. The maximum atomic E-state index is 12.5. The fourth-order valence-electron chi connectivity index (χ4n) is 3.47. The Morgan fingerprint density at radius 2 is 1.91 bits per heavy atom. The van der Waals surface area contributed by atoms with Crippen LogP contribution in [0.2, 0.25) is 0 Å². The van der Waals surface area contributed by atoms with Crippen LogP contribution in [0.4, 0.5) is 0 Å². The molecular weight excluding hydrogens is 324 g/mol. The van der Waals surface area contributed by atoms with E-state index in [1.807, 2.05) is 30.3 Å². The first-order valence-corrected chi connectivity index (χ1v) is 9.77. The molecule has 0 unspecified atom stereocenters. The summed E-state index contributed by atoms with van der Waals surface area (Å²) < 4.78 is 1.16. The van der Waals surface area contributed by atoms with Gasteiger partial charge in [0, 0.05) is 17.5 Å². The Balaban J connectivity index is 1.39. The first-order chi connectivity index (χ1) is 11.3. The molecule has 5 rings (SSSR count). The average Bonchev–Trinajstić information content (AvgIpc) is 3.05. The molecule has 2 bridgehead atoms. The molecule has 0 radical (unpaired) electrons. The lowest BCUT2D eigenvalue weighted by molar-refractivity contribution is 0.0622. The van der Waals surface area contributed by atoms with Crippen molar-refractivity contribution in [3.8, 4) is 0 Å². The minimum Gasteiger partial charge on any atom is -0.347 e. The van der Waals surface area contributed by atoms with Crippen LogP contribution in [0.1, 0.15) is 22.5 Å². The third kappa shape index (κ3) is 3.47. The maximum absolute atomic E-state index is 12.5. The van der Waals surface area contributed by atoms with Gasteiger partial charge in [-0.3, -0.25) is 4.79 Å². The predicted molar refractivity (Wildman–Crippen MR) is 95.3 cm³/mol. The van der Waals surface area contributed by atoms with E-state index in [1.165, 1.54) is 30.8 Å². The Bertz CT molecular complexity index is 677. The number of fused-ring (bicyclic) bond motifs is 3. The molecule has 3 nitrogen and oxygen atoms in total. The van der Waals surface area contributed by atoms with Crippen LogP contribution in [0.3, 0.4) is 0 Å². The molecule has 0 aliphatic carbocycles. The number of thiophene rings is 1. The molecule has 0 spiro atoms. The summed E-state index contributed by atoms with van der Waals surface area (Å²) in [7, 11) is 0. The van der Waals surface area contributed by atoms with Gasteiger partial charge < -0.3 is 10.2 Å². The van der Waals surface area contributed by atoms with E-state index < -0.39 is 0 Å². The topological polar surface area (TPSA) is 32.3 Å². The number of benzene rings is 1. The van der Waals surface area contributed by atoms with Gasteiger partial charge in [0.2, 0.25) is 0 Å². The van der Waals surface area contributed by atoms with Gasteiger partial charge in [-0.1, -0.05) is 30.0 Å². The van der Waals surface area contributed by atoms with Crippen molar-refractivity contribution in [2.75, 3.05) is 19.6 Å². The van der Waals surface area contributed by atoms with Gasteiger partial charge in [0.25, 0.3) is 5.91 Å². The minimum atomic E-state index is 0.0914. The number of rotatable bonds is 4. The van der Waals surface area contributed by atoms with Crippen molar-refractivity contribution in [2.45, 2.75) is 28.0 Å². The smallest absolute Gasteiger partial charge is 0.261 e. The predicted octanol–water partition coefficient (Wildman–Crippen LogP) is 3.72. The van der Waals surface area contributed by atoms with Crippen molar-refractivity contribution >= 4 is 29.0 Å². The summed E-state index contributed by atoms with van der Waals surface area (Å²) in [5.41, 5.74) is 0. The molecule has 1 amide bonds. The molecule has 3 aliphatic rings. The zero-order valence-electron chi connectivity index (χ0n) is 12.9. The summed E-state index contributed by atoms with van der Waals surface area (Å²) >= 11 is 3.30. The summed E-state index contributed by atoms with van der Waals surface area (Å²) in [4.78, 5) is 17.0.